The highest BCUT2D eigenvalue weighted by Gasteiger charge is 2.18. The normalized spacial score (nSPS) is 13.0. The number of aryl methyl sites for hydroxylation is 1. The third kappa shape index (κ3) is 2.31. The zero-order valence-electron chi connectivity index (χ0n) is 8.17. The first-order chi connectivity index (χ1) is 7.24. The molecule has 1 atom stereocenters. The van der Waals surface area contributed by atoms with Gasteiger partial charge in [-0.2, -0.15) is 0 Å². The Morgan fingerprint density at radius 1 is 1.27 bits per heavy atom. The van der Waals surface area contributed by atoms with Gasteiger partial charge in [-0.15, -0.1) is 34.3 Å². The zero-order chi connectivity index (χ0) is 10.8. The average molecular weight is 322 g/mol. The van der Waals surface area contributed by atoms with E-state index in [0.717, 1.165) is 10.9 Å². The van der Waals surface area contributed by atoms with Crippen molar-refractivity contribution >= 4 is 50.2 Å². The van der Waals surface area contributed by atoms with E-state index in [1.165, 1.54) is 15.3 Å². The van der Waals surface area contributed by atoms with E-state index in [9.17, 15) is 0 Å². The second-order valence-electron chi connectivity index (χ2n) is 3.16. The molecule has 2 aromatic rings. The molecule has 0 radical (unpaired) electrons. The van der Waals surface area contributed by atoms with E-state index in [1.54, 1.807) is 22.7 Å². The van der Waals surface area contributed by atoms with Crippen LogP contribution in [0.3, 0.4) is 0 Å². The molecule has 2 aromatic heterocycles. The summed E-state index contributed by atoms with van der Waals surface area (Å²) in [5.41, 5.74) is 1.36. The lowest BCUT2D eigenvalue weighted by molar-refractivity contribution is 1.09. The number of halogens is 2. The summed E-state index contributed by atoms with van der Waals surface area (Å²) in [6.45, 7) is 2.17. The zero-order valence-corrected chi connectivity index (χ0v) is 12.1. The van der Waals surface area contributed by atoms with Crippen molar-refractivity contribution < 1.29 is 0 Å². The Bertz CT molecular complexity index is 447. The molecule has 0 saturated carbocycles. The highest BCUT2D eigenvalue weighted by molar-refractivity contribution is 9.10. The maximum atomic E-state index is 6.49. The fourth-order valence-electron chi connectivity index (χ4n) is 1.47. The molecule has 0 aliphatic rings. The van der Waals surface area contributed by atoms with Gasteiger partial charge in [0.15, 0.2) is 0 Å². The van der Waals surface area contributed by atoms with Crippen LogP contribution < -0.4 is 0 Å². The minimum atomic E-state index is -0.00525. The first-order valence-corrected chi connectivity index (χ1v) is 7.66. The van der Waals surface area contributed by atoms with Crippen LogP contribution in [0.25, 0.3) is 0 Å². The molecule has 2 rings (SSSR count). The molecule has 0 aliphatic heterocycles. The van der Waals surface area contributed by atoms with Crippen LogP contribution in [-0.4, -0.2) is 0 Å². The van der Waals surface area contributed by atoms with Crippen molar-refractivity contribution in [2.45, 2.75) is 18.7 Å². The van der Waals surface area contributed by atoms with Crippen molar-refractivity contribution in [3.63, 3.8) is 0 Å². The summed E-state index contributed by atoms with van der Waals surface area (Å²) in [6.07, 6.45) is 1.05. The standard InChI is InChI=1S/C11H10BrClS2/c1-2-7-3-5-14-10(7)9(13)11-8(12)4-6-15-11/h3-6,9H,2H2,1H3. The number of hydrogen-bond donors (Lipinski definition) is 0. The lowest BCUT2D eigenvalue weighted by Gasteiger charge is -2.08. The predicted molar refractivity (Wildman–Crippen MR) is 73.4 cm³/mol. The van der Waals surface area contributed by atoms with Gasteiger partial charge in [-0.05, 0) is 50.8 Å². The van der Waals surface area contributed by atoms with Gasteiger partial charge in [-0.3, -0.25) is 0 Å². The highest BCUT2D eigenvalue weighted by atomic mass is 79.9. The van der Waals surface area contributed by atoms with Crippen LogP contribution in [0, 0.1) is 0 Å². The second-order valence-corrected chi connectivity index (χ2v) is 6.35. The van der Waals surface area contributed by atoms with Gasteiger partial charge in [0, 0.05) is 14.2 Å². The summed E-state index contributed by atoms with van der Waals surface area (Å²) >= 11 is 13.5. The molecule has 0 spiro atoms. The van der Waals surface area contributed by atoms with Gasteiger partial charge in [-0.25, -0.2) is 0 Å². The Kier molecular flexibility index (Phi) is 3.88. The summed E-state index contributed by atoms with van der Waals surface area (Å²) in [7, 11) is 0. The summed E-state index contributed by atoms with van der Waals surface area (Å²) in [6, 6.07) is 4.21. The summed E-state index contributed by atoms with van der Waals surface area (Å²) in [5, 5.41) is 4.17. The second kappa shape index (κ2) is 5.00. The van der Waals surface area contributed by atoms with Gasteiger partial charge >= 0.3 is 0 Å². The molecule has 80 valence electrons. The number of hydrogen-bond acceptors (Lipinski definition) is 2. The van der Waals surface area contributed by atoms with Crippen LogP contribution in [0.1, 0.15) is 27.6 Å². The van der Waals surface area contributed by atoms with Gasteiger partial charge in [0.05, 0.1) is 0 Å². The van der Waals surface area contributed by atoms with E-state index in [1.807, 2.05) is 0 Å². The van der Waals surface area contributed by atoms with Gasteiger partial charge < -0.3 is 0 Å². The molecule has 0 bridgehead atoms. The minimum Gasteiger partial charge on any atom is -0.147 e. The van der Waals surface area contributed by atoms with Crippen molar-refractivity contribution in [1.82, 2.24) is 0 Å². The van der Waals surface area contributed by atoms with Gasteiger partial charge in [0.1, 0.15) is 5.38 Å². The van der Waals surface area contributed by atoms with E-state index in [2.05, 4.69) is 45.7 Å². The predicted octanol–water partition coefficient (Wildman–Crippen LogP) is 5.46. The average Bonchev–Trinajstić information content (AvgIpc) is 2.84. The van der Waals surface area contributed by atoms with Gasteiger partial charge in [-0.1, -0.05) is 6.92 Å². The van der Waals surface area contributed by atoms with E-state index in [0.29, 0.717) is 0 Å². The quantitative estimate of drug-likeness (QED) is 0.658. The van der Waals surface area contributed by atoms with E-state index in [4.69, 9.17) is 11.6 Å². The molecule has 15 heavy (non-hydrogen) atoms. The number of alkyl halides is 1. The molecule has 0 saturated heterocycles. The molecular formula is C11H10BrClS2. The van der Waals surface area contributed by atoms with Crippen LogP contribution >= 0.6 is 50.2 Å². The molecule has 0 amide bonds. The summed E-state index contributed by atoms with van der Waals surface area (Å²) in [5.74, 6) is 0. The van der Waals surface area contributed by atoms with Crippen molar-refractivity contribution in [3.8, 4) is 0 Å². The molecule has 0 aromatic carbocycles. The summed E-state index contributed by atoms with van der Waals surface area (Å²) in [4.78, 5) is 2.48. The Morgan fingerprint density at radius 3 is 2.53 bits per heavy atom. The molecule has 4 heteroatoms. The molecule has 2 heterocycles. The van der Waals surface area contributed by atoms with Crippen LogP contribution in [0.4, 0.5) is 0 Å². The first-order valence-electron chi connectivity index (χ1n) is 4.67. The Morgan fingerprint density at radius 2 is 1.93 bits per heavy atom. The number of rotatable bonds is 3. The van der Waals surface area contributed by atoms with Crippen LogP contribution in [0.15, 0.2) is 27.4 Å². The first kappa shape index (κ1) is 11.6. The SMILES string of the molecule is CCc1ccsc1C(Cl)c1sccc1Br. The van der Waals surface area contributed by atoms with Crippen LogP contribution in [0.5, 0.6) is 0 Å². The maximum absolute atomic E-state index is 6.49. The molecule has 1 unspecified atom stereocenters. The molecular weight excluding hydrogens is 312 g/mol. The monoisotopic (exact) mass is 320 g/mol. The van der Waals surface area contributed by atoms with Gasteiger partial charge in [0.2, 0.25) is 0 Å². The Balaban J connectivity index is 2.36. The third-order valence-corrected chi connectivity index (χ3v) is 5.92. The van der Waals surface area contributed by atoms with E-state index in [-0.39, 0.29) is 5.38 Å². The Hall–Kier alpha value is 0.170. The molecule has 0 N–H and O–H groups in total. The van der Waals surface area contributed by atoms with Crippen molar-refractivity contribution in [1.29, 1.82) is 0 Å². The van der Waals surface area contributed by atoms with E-state index < -0.39 is 0 Å². The van der Waals surface area contributed by atoms with Crippen molar-refractivity contribution in [2.75, 3.05) is 0 Å². The van der Waals surface area contributed by atoms with E-state index >= 15 is 0 Å². The topological polar surface area (TPSA) is 0 Å². The van der Waals surface area contributed by atoms with Crippen molar-refractivity contribution in [3.05, 3.63) is 42.7 Å². The van der Waals surface area contributed by atoms with Crippen LogP contribution in [-0.2, 0) is 6.42 Å². The van der Waals surface area contributed by atoms with Gasteiger partial charge in [0.25, 0.3) is 0 Å². The van der Waals surface area contributed by atoms with Crippen molar-refractivity contribution in [2.24, 2.45) is 0 Å². The lowest BCUT2D eigenvalue weighted by Crippen LogP contribution is -1.91. The smallest absolute Gasteiger partial charge is 0.103 e. The fourth-order valence-corrected chi connectivity index (χ4v) is 4.81. The Labute approximate surface area is 111 Å². The molecule has 0 nitrogen and oxygen atoms in total. The number of thiophene rings is 2. The lowest BCUT2D eigenvalue weighted by atomic mass is 10.1. The summed E-state index contributed by atoms with van der Waals surface area (Å²) < 4.78 is 1.11. The minimum absolute atomic E-state index is 0.00525. The molecule has 0 aliphatic carbocycles. The third-order valence-electron chi connectivity index (χ3n) is 2.27. The molecule has 0 fully saturated rings. The highest BCUT2D eigenvalue weighted by Crippen LogP contribution is 2.41. The fraction of sp³-hybridized carbons (Fsp3) is 0.273. The van der Waals surface area contributed by atoms with Crippen LogP contribution in [0.2, 0.25) is 0 Å². The largest absolute Gasteiger partial charge is 0.147 e. The maximum Gasteiger partial charge on any atom is 0.103 e.